The van der Waals surface area contributed by atoms with Gasteiger partial charge in [-0.2, -0.15) is 0 Å². The second-order valence-electron chi connectivity index (χ2n) is 5.97. The number of nitrogens with zero attached hydrogens (tertiary/aromatic N) is 1. The monoisotopic (exact) mass is 365 g/mol. The van der Waals surface area contributed by atoms with Crippen LogP contribution in [-0.2, 0) is 4.74 Å². The molecule has 0 saturated carbocycles. The Morgan fingerprint density at radius 3 is 2.80 bits per heavy atom. The Hall–Kier alpha value is -1.72. The molecule has 0 radical (unpaired) electrons. The molecule has 2 N–H and O–H groups in total. The Balaban J connectivity index is 1.77. The number of ether oxygens (including phenoxy) is 2. The van der Waals surface area contributed by atoms with Crippen LogP contribution in [0.4, 0.5) is 0 Å². The van der Waals surface area contributed by atoms with Crippen LogP contribution in [0, 0.1) is 0 Å². The van der Waals surface area contributed by atoms with Gasteiger partial charge in [0.05, 0.1) is 19.8 Å². The number of aliphatic imine (C=N–C) groups is 1. The van der Waals surface area contributed by atoms with Crippen molar-refractivity contribution in [1.29, 1.82) is 0 Å². The van der Waals surface area contributed by atoms with Crippen LogP contribution in [-0.4, -0.2) is 44.9 Å². The van der Waals surface area contributed by atoms with Crippen LogP contribution in [0.1, 0.15) is 26.7 Å². The molecule has 0 amide bonds. The van der Waals surface area contributed by atoms with Crippen molar-refractivity contribution in [3.8, 4) is 5.75 Å². The van der Waals surface area contributed by atoms with E-state index in [1.54, 1.807) is 0 Å². The zero-order valence-electron chi connectivity index (χ0n) is 15.1. The van der Waals surface area contributed by atoms with E-state index >= 15 is 0 Å². The van der Waals surface area contributed by atoms with Gasteiger partial charge in [0.15, 0.2) is 5.96 Å². The van der Waals surface area contributed by atoms with E-state index in [1.165, 1.54) is 5.57 Å². The van der Waals surface area contributed by atoms with E-state index in [4.69, 9.17) is 21.1 Å². The van der Waals surface area contributed by atoms with E-state index in [1.807, 2.05) is 31.2 Å². The molecule has 1 atom stereocenters. The van der Waals surface area contributed by atoms with Crippen molar-refractivity contribution in [2.24, 2.45) is 4.99 Å². The number of benzene rings is 1. The smallest absolute Gasteiger partial charge is 0.191 e. The summed E-state index contributed by atoms with van der Waals surface area (Å²) in [5, 5.41) is 7.35. The van der Waals surface area contributed by atoms with Crippen LogP contribution in [0.3, 0.4) is 0 Å². The molecule has 25 heavy (non-hydrogen) atoms. The summed E-state index contributed by atoms with van der Waals surface area (Å²) in [5.41, 5.74) is 1.45. The summed E-state index contributed by atoms with van der Waals surface area (Å²) in [6.07, 6.45) is 4.21. The number of halogens is 1. The third-order valence-corrected chi connectivity index (χ3v) is 4.05. The van der Waals surface area contributed by atoms with Gasteiger partial charge in [0.1, 0.15) is 11.9 Å². The fourth-order valence-corrected chi connectivity index (χ4v) is 2.60. The third-order valence-electron chi connectivity index (χ3n) is 3.80. The lowest BCUT2D eigenvalue weighted by Crippen LogP contribution is -2.38. The van der Waals surface area contributed by atoms with Gasteiger partial charge in [-0.15, -0.1) is 0 Å². The average molecular weight is 366 g/mol. The number of rotatable bonds is 8. The first-order chi connectivity index (χ1) is 12.2. The molecule has 0 bridgehead atoms. The van der Waals surface area contributed by atoms with Crippen LogP contribution >= 0.6 is 11.6 Å². The Morgan fingerprint density at radius 1 is 1.32 bits per heavy atom. The Morgan fingerprint density at radius 2 is 2.12 bits per heavy atom. The summed E-state index contributed by atoms with van der Waals surface area (Å²) in [4.78, 5) is 4.61. The van der Waals surface area contributed by atoms with Crippen molar-refractivity contribution in [3.05, 3.63) is 40.9 Å². The molecule has 1 unspecified atom stereocenters. The molecule has 6 heteroatoms. The minimum absolute atomic E-state index is 0.0187. The van der Waals surface area contributed by atoms with Crippen molar-refractivity contribution < 1.29 is 9.47 Å². The summed E-state index contributed by atoms with van der Waals surface area (Å²) in [5.74, 6) is 1.62. The first-order valence-electron chi connectivity index (χ1n) is 8.87. The van der Waals surface area contributed by atoms with E-state index in [9.17, 15) is 0 Å². The normalized spacial score (nSPS) is 16.1. The highest BCUT2D eigenvalue weighted by atomic mass is 35.5. The Kier molecular flexibility index (Phi) is 8.63. The summed E-state index contributed by atoms with van der Waals surface area (Å²) < 4.78 is 11.2. The molecule has 1 aromatic rings. The second kappa shape index (κ2) is 11.0. The average Bonchev–Trinajstić information content (AvgIpc) is 2.62. The van der Waals surface area contributed by atoms with Crippen molar-refractivity contribution in [2.75, 3.05) is 32.8 Å². The predicted octanol–water partition coefficient (Wildman–Crippen LogP) is 3.40. The molecule has 1 aromatic carbocycles. The zero-order chi connectivity index (χ0) is 17.9. The molecule has 0 aliphatic carbocycles. The highest BCUT2D eigenvalue weighted by Gasteiger charge is 2.06. The third kappa shape index (κ3) is 7.80. The van der Waals surface area contributed by atoms with E-state index in [0.29, 0.717) is 11.6 Å². The lowest BCUT2D eigenvalue weighted by molar-refractivity contribution is 0.153. The lowest BCUT2D eigenvalue weighted by Gasteiger charge is -2.17. The van der Waals surface area contributed by atoms with Crippen molar-refractivity contribution in [3.63, 3.8) is 0 Å². The van der Waals surface area contributed by atoms with Crippen LogP contribution in [0.25, 0.3) is 0 Å². The van der Waals surface area contributed by atoms with Crippen molar-refractivity contribution in [1.82, 2.24) is 10.6 Å². The summed E-state index contributed by atoms with van der Waals surface area (Å²) >= 11 is 5.89. The number of nitrogens with one attached hydrogen (secondary N) is 2. The molecular weight excluding hydrogens is 338 g/mol. The SMILES string of the molecule is CCNC(=NCC(C)Oc1ccc(Cl)cc1)NCCC1=CCOCC1. The molecule has 0 fully saturated rings. The van der Waals surface area contributed by atoms with Gasteiger partial charge >= 0.3 is 0 Å². The lowest BCUT2D eigenvalue weighted by atomic mass is 10.1. The van der Waals surface area contributed by atoms with Crippen LogP contribution < -0.4 is 15.4 Å². The van der Waals surface area contributed by atoms with E-state index in [-0.39, 0.29) is 6.10 Å². The van der Waals surface area contributed by atoms with Gasteiger partial charge in [-0.05, 0) is 51.0 Å². The first kappa shape index (κ1) is 19.6. The van der Waals surface area contributed by atoms with E-state index < -0.39 is 0 Å². The van der Waals surface area contributed by atoms with Crippen LogP contribution in [0.2, 0.25) is 5.02 Å². The molecule has 5 nitrogen and oxygen atoms in total. The second-order valence-corrected chi connectivity index (χ2v) is 6.40. The molecule has 138 valence electrons. The largest absolute Gasteiger partial charge is 0.489 e. The maximum absolute atomic E-state index is 5.89. The van der Waals surface area contributed by atoms with Crippen molar-refractivity contribution in [2.45, 2.75) is 32.8 Å². The fraction of sp³-hybridized carbons (Fsp3) is 0.526. The van der Waals surface area contributed by atoms with Gasteiger partial charge in [0.2, 0.25) is 0 Å². The van der Waals surface area contributed by atoms with Gasteiger partial charge in [-0.1, -0.05) is 23.3 Å². The fourth-order valence-electron chi connectivity index (χ4n) is 2.48. The van der Waals surface area contributed by atoms with Crippen LogP contribution in [0.15, 0.2) is 40.9 Å². The molecule has 1 aliphatic rings. The maximum atomic E-state index is 5.89. The minimum atomic E-state index is -0.0187. The number of hydrogen-bond acceptors (Lipinski definition) is 3. The molecular formula is C19H28ClN3O2. The topological polar surface area (TPSA) is 54.9 Å². The highest BCUT2D eigenvalue weighted by Crippen LogP contribution is 2.16. The highest BCUT2D eigenvalue weighted by molar-refractivity contribution is 6.30. The Bertz CT molecular complexity index is 573. The van der Waals surface area contributed by atoms with Crippen LogP contribution in [0.5, 0.6) is 5.75 Å². The summed E-state index contributed by atoms with van der Waals surface area (Å²) in [7, 11) is 0. The van der Waals surface area contributed by atoms with Gasteiger partial charge in [0.25, 0.3) is 0 Å². The molecule has 2 rings (SSSR count). The predicted molar refractivity (Wildman–Crippen MR) is 104 cm³/mol. The van der Waals surface area contributed by atoms with Gasteiger partial charge in [0, 0.05) is 18.1 Å². The molecule has 1 heterocycles. The van der Waals surface area contributed by atoms with Crippen molar-refractivity contribution >= 4 is 17.6 Å². The van der Waals surface area contributed by atoms with E-state index in [2.05, 4.69) is 28.6 Å². The molecule has 1 aliphatic heterocycles. The zero-order valence-corrected chi connectivity index (χ0v) is 15.8. The van der Waals surface area contributed by atoms with Gasteiger partial charge in [-0.3, -0.25) is 0 Å². The molecule has 0 spiro atoms. The number of guanidine groups is 1. The first-order valence-corrected chi connectivity index (χ1v) is 9.25. The Labute approximate surface area is 155 Å². The quantitative estimate of drug-likeness (QED) is 0.421. The van der Waals surface area contributed by atoms with E-state index in [0.717, 1.165) is 50.9 Å². The molecule has 0 saturated heterocycles. The van der Waals surface area contributed by atoms with Gasteiger partial charge < -0.3 is 20.1 Å². The standard InChI is InChI=1S/C19H28ClN3O2/c1-3-21-19(22-11-8-16-9-12-24-13-10-16)23-14-15(2)25-18-6-4-17(20)5-7-18/h4-7,9,15H,3,8,10-14H2,1-2H3,(H2,21,22,23). The molecule has 0 aromatic heterocycles. The summed E-state index contributed by atoms with van der Waals surface area (Å²) in [6, 6.07) is 7.38. The minimum Gasteiger partial charge on any atom is -0.489 e. The van der Waals surface area contributed by atoms with Gasteiger partial charge in [-0.25, -0.2) is 4.99 Å². The summed E-state index contributed by atoms with van der Waals surface area (Å²) in [6.45, 7) is 7.91. The maximum Gasteiger partial charge on any atom is 0.191 e. The number of hydrogen-bond donors (Lipinski definition) is 2.